The number of ether oxygens (including phenoxy) is 1. The molecule has 0 aliphatic rings. The first kappa shape index (κ1) is 12.8. The second-order valence-corrected chi connectivity index (χ2v) is 4.52. The topological polar surface area (TPSA) is 26.3 Å². The number of rotatable bonds is 4. The van der Waals surface area contributed by atoms with Crippen LogP contribution < -0.4 is 0 Å². The average molecular weight is 220 g/mol. The first-order chi connectivity index (χ1) is 7.54. The van der Waals surface area contributed by atoms with E-state index in [1.165, 1.54) is 12.7 Å². The Labute approximate surface area is 97.6 Å². The van der Waals surface area contributed by atoms with Crippen molar-refractivity contribution < 1.29 is 9.53 Å². The van der Waals surface area contributed by atoms with Crippen LogP contribution in [0.2, 0.25) is 0 Å². The van der Waals surface area contributed by atoms with E-state index in [9.17, 15) is 4.79 Å². The molecule has 0 aromatic heterocycles. The zero-order valence-electron chi connectivity index (χ0n) is 10.5. The summed E-state index contributed by atoms with van der Waals surface area (Å²) in [5, 5.41) is 0. The fraction of sp³-hybridized carbons (Fsp3) is 0.500. The average Bonchev–Trinajstić information content (AvgIpc) is 2.29. The standard InChI is InChI=1S/C14H20O2/c1-5-8-11-9-6-7-10-12(11)14(2,3)13(15)16-4/h6-7,9-10H,5,8H2,1-4H3. The van der Waals surface area contributed by atoms with Crippen molar-refractivity contribution in [3.63, 3.8) is 0 Å². The monoisotopic (exact) mass is 220 g/mol. The maximum absolute atomic E-state index is 11.8. The van der Waals surface area contributed by atoms with Crippen molar-refractivity contribution in [2.75, 3.05) is 7.11 Å². The SMILES string of the molecule is CCCc1ccccc1C(C)(C)C(=O)OC. The Morgan fingerprint density at radius 1 is 1.31 bits per heavy atom. The van der Waals surface area contributed by atoms with E-state index < -0.39 is 5.41 Å². The molecule has 0 spiro atoms. The van der Waals surface area contributed by atoms with E-state index in [0.717, 1.165) is 18.4 Å². The van der Waals surface area contributed by atoms with Crippen molar-refractivity contribution in [1.82, 2.24) is 0 Å². The van der Waals surface area contributed by atoms with Crippen molar-refractivity contribution in [2.45, 2.75) is 39.0 Å². The molecule has 2 heteroatoms. The third kappa shape index (κ3) is 2.43. The largest absolute Gasteiger partial charge is 0.468 e. The van der Waals surface area contributed by atoms with Gasteiger partial charge in [-0.1, -0.05) is 37.6 Å². The molecule has 16 heavy (non-hydrogen) atoms. The van der Waals surface area contributed by atoms with Crippen molar-refractivity contribution >= 4 is 5.97 Å². The van der Waals surface area contributed by atoms with Gasteiger partial charge in [-0.2, -0.15) is 0 Å². The van der Waals surface area contributed by atoms with Crippen LogP contribution in [0, 0.1) is 0 Å². The maximum Gasteiger partial charge on any atom is 0.315 e. The van der Waals surface area contributed by atoms with Gasteiger partial charge in [0.25, 0.3) is 0 Å². The number of carbonyl (C=O) groups is 1. The number of benzene rings is 1. The fourth-order valence-corrected chi connectivity index (χ4v) is 1.98. The summed E-state index contributed by atoms with van der Waals surface area (Å²) < 4.78 is 4.86. The van der Waals surface area contributed by atoms with E-state index in [4.69, 9.17) is 4.74 Å². The molecule has 0 N–H and O–H groups in total. The Hall–Kier alpha value is -1.31. The number of carbonyl (C=O) groups excluding carboxylic acids is 1. The Kier molecular flexibility index (Phi) is 4.11. The van der Waals surface area contributed by atoms with Crippen molar-refractivity contribution in [1.29, 1.82) is 0 Å². The molecule has 0 radical (unpaired) electrons. The third-order valence-corrected chi connectivity index (χ3v) is 2.91. The van der Waals surface area contributed by atoms with Gasteiger partial charge in [0.05, 0.1) is 12.5 Å². The normalized spacial score (nSPS) is 11.2. The summed E-state index contributed by atoms with van der Waals surface area (Å²) in [6.45, 7) is 5.96. The van der Waals surface area contributed by atoms with E-state index in [0.29, 0.717) is 0 Å². The summed E-state index contributed by atoms with van der Waals surface area (Å²) in [6, 6.07) is 8.09. The van der Waals surface area contributed by atoms with Crippen LogP contribution in [-0.4, -0.2) is 13.1 Å². The summed E-state index contributed by atoms with van der Waals surface area (Å²) in [5.41, 5.74) is 1.74. The molecule has 0 fully saturated rings. The summed E-state index contributed by atoms with van der Waals surface area (Å²) in [4.78, 5) is 11.8. The molecule has 0 amide bonds. The molecule has 0 saturated carbocycles. The number of hydrogen-bond donors (Lipinski definition) is 0. The summed E-state index contributed by atoms with van der Waals surface area (Å²) in [7, 11) is 1.44. The summed E-state index contributed by atoms with van der Waals surface area (Å²) in [5.74, 6) is -0.184. The predicted octanol–water partition coefficient (Wildman–Crippen LogP) is 3.09. The zero-order chi connectivity index (χ0) is 12.2. The lowest BCUT2D eigenvalue weighted by molar-refractivity contribution is -0.146. The zero-order valence-corrected chi connectivity index (χ0v) is 10.5. The van der Waals surface area contributed by atoms with Crippen LogP contribution in [0.1, 0.15) is 38.3 Å². The lowest BCUT2D eigenvalue weighted by atomic mass is 9.81. The smallest absolute Gasteiger partial charge is 0.315 e. The lowest BCUT2D eigenvalue weighted by Gasteiger charge is -2.24. The minimum absolute atomic E-state index is 0.184. The third-order valence-electron chi connectivity index (χ3n) is 2.91. The Balaban J connectivity index is 3.15. The number of aryl methyl sites for hydroxylation is 1. The number of esters is 1. The van der Waals surface area contributed by atoms with Gasteiger partial charge in [-0.05, 0) is 31.4 Å². The molecule has 2 nitrogen and oxygen atoms in total. The molecule has 0 unspecified atom stereocenters. The van der Waals surface area contributed by atoms with Gasteiger partial charge < -0.3 is 4.74 Å². The highest BCUT2D eigenvalue weighted by Gasteiger charge is 2.32. The van der Waals surface area contributed by atoms with Crippen LogP contribution in [0.5, 0.6) is 0 Å². The van der Waals surface area contributed by atoms with Gasteiger partial charge in [0.2, 0.25) is 0 Å². The Morgan fingerprint density at radius 2 is 1.94 bits per heavy atom. The van der Waals surface area contributed by atoms with Gasteiger partial charge in [-0.25, -0.2) is 0 Å². The van der Waals surface area contributed by atoms with Crippen LogP contribution in [0.25, 0.3) is 0 Å². The van der Waals surface area contributed by atoms with Crippen molar-refractivity contribution in [3.05, 3.63) is 35.4 Å². The second-order valence-electron chi connectivity index (χ2n) is 4.52. The second kappa shape index (κ2) is 5.15. The fourth-order valence-electron chi connectivity index (χ4n) is 1.98. The van der Waals surface area contributed by atoms with Crippen LogP contribution >= 0.6 is 0 Å². The highest BCUT2D eigenvalue weighted by molar-refractivity contribution is 5.82. The van der Waals surface area contributed by atoms with Crippen molar-refractivity contribution in [2.24, 2.45) is 0 Å². The molecular formula is C14H20O2. The molecule has 1 aromatic rings. The van der Waals surface area contributed by atoms with E-state index in [1.54, 1.807) is 0 Å². The molecule has 0 aliphatic heterocycles. The lowest BCUT2D eigenvalue weighted by Crippen LogP contribution is -2.31. The Morgan fingerprint density at radius 3 is 2.50 bits per heavy atom. The maximum atomic E-state index is 11.8. The van der Waals surface area contributed by atoms with Gasteiger partial charge in [0.1, 0.15) is 0 Å². The Bertz CT molecular complexity index is 367. The van der Waals surface area contributed by atoms with Gasteiger partial charge in [-0.15, -0.1) is 0 Å². The van der Waals surface area contributed by atoms with Crippen LogP contribution in [0.4, 0.5) is 0 Å². The van der Waals surface area contributed by atoms with E-state index in [-0.39, 0.29) is 5.97 Å². The molecule has 1 aromatic carbocycles. The summed E-state index contributed by atoms with van der Waals surface area (Å²) in [6.07, 6.45) is 2.07. The first-order valence-electron chi connectivity index (χ1n) is 5.70. The van der Waals surface area contributed by atoms with Crippen LogP contribution in [0.15, 0.2) is 24.3 Å². The van der Waals surface area contributed by atoms with Crippen molar-refractivity contribution in [3.8, 4) is 0 Å². The molecule has 0 aliphatic carbocycles. The van der Waals surface area contributed by atoms with Gasteiger partial charge in [-0.3, -0.25) is 4.79 Å². The molecule has 0 bridgehead atoms. The number of hydrogen-bond acceptors (Lipinski definition) is 2. The molecule has 88 valence electrons. The highest BCUT2D eigenvalue weighted by Crippen LogP contribution is 2.28. The molecule has 1 rings (SSSR count). The van der Waals surface area contributed by atoms with Gasteiger partial charge in [0, 0.05) is 0 Å². The highest BCUT2D eigenvalue weighted by atomic mass is 16.5. The minimum atomic E-state index is -0.569. The van der Waals surface area contributed by atoms with Gasteiger partial charge >= 0.3 is 5.97 Å². The molecule has 0 atom stereocenters. The molecular weight excluding hydrogens is 200 g/mol. The quantitative estimate of drug-likeness (QED) is 0.729. The first-order valence-corrected chi connectivity index (χ1v) is 5.70. The van der Waals surface area contributed by atoms with E-state index in [1.807, 2.05) is 32.0 Å². The van der Waals surface area contributed by atoms with E-state index in [2.05, 4.69) is 13.0 Å². The molecule has 0 heterocycles. The van der Waals surface area contributed by atoms with E-state index >= 15 is 0 Å². The van der Waals surface area contributed by atoms with Crippen LogP contribution in [0.3, 0.4) is 0 Å². The molecule has 0 saturated heterocycles. The minimum Gasteiger partial charge on any atom is -0.468 e. The van der Waals surface area contributed by atoms with Crippen LogP contribution in [-0.2, 0) is 21.4 Å². The predicted molar refractivity (Wildman–Crippen MR) is 65.5 cm³/mol. The van der Waals surface area contributed by atoms with Gasteiger partial charge in [0.15, 0.2) is 0 Å². The summed E-state index contributed by atoms with van der Waals surface area (Å²) >= 11 is 0. The number of methoxy groups -OCH3 is 1.